The number of fused-ring (bicyclic) bond motifs is 1. The molecule has 0 radical (unpaired) electrons. The number of hydrogen-bond acceptors (Lipinski definition) is 3. The van der Waals surface area contributed by atoms with Crippen LogP contribution >= 0.6 is 0 Å². The zero-order valence-electron chi connectivity index (χ0n) is 18.1. The molecule has 34 heavy (non-hydrogen) atoms. The Morgan fingerprint density at radius 3 is 2.44 bits per heavy atom. The molecule has 0 fully saturated rings. The molecule has 1 atom stereocenters. The monoisotopic (exact) mass is 463 g/mol. The van der Waals surface area contributed by atoms with Crippen LogP contribution < -0.4 is 5.32 Å². The molecular weight excluding hydrogens is 443 g/mol. The van der Waals surface area contributed by atoms with Gasteiger partial charge in [0, 0.05) is 22.8 Å². The van der Waals surface area contributed by atoms with Gasteiger partial charge in [-0.2, -0.15) is 18.4 Å². The van der Waals surface area contributed by atoms with E-state index >= 15 is 0 Å². The first-order valence-electron chi connectivity index (χ1n) is 10.4. The van der Waals surface area contributed by atoms with Gasteiger partial charge in [0.2, 0.25) is 0 Å². The molecular formula is C26H20F3N3O2. The van der Waals surface area contributed by atoms with Crippen molar-refractivity contribution in [3.05, 3.63) is 90.1 Å². The standard InChI is InChI=1S/C26H20F3N3O2/c1-25(34,24(33)31-21-9-7-20(15-30)22(14-21)26(27,28)29)16-32-12-11-19-13-18(8-10-23(19)32)17-5-3-2-4-6-17/h2-14,34H,16H2,1H3,(H,31,33). The van der Waals surface area contributed by atoms with Crippen LogP contribution in [0, 0.1) is 11.3 Å². The van der Waals surface area contributed by atoms with Crippen LogP contribution in [0.5, 0.6) is 0 Å². The van der Waals surface area contributed by atoms with Crippen LogP contribution in [0.3, 0.4) is 0 Å². The van der Waals surface area contributed by atoms with Crippen molar-refractivity contribution in [2.24, 2.45) is 0 Å². The quantitative estimate of drug-likeness (QED) is 0.405. The highest BCUT2D eigenvalue weighted by molar-refractivity contribution is 5.97. The summed E-state index contributed by atoms with van der Waals surface area (Å²) < 4.78 is 41.3. The lowest BCUT2D eigenvalue weighted by atomic mass is 10.0. The zero-order chi connectivity index (χ0) is 24.5. The maximum Gasteiger partial charge on any atom is 0.417 e. The van der Waals surface area contributed by atoms with Crippen molar-refractivity contribution in [3.8, 4) is 17.2 Å². The summed E-state index contributed by atoms with van der Waals surface area (Å²) in [4.78, 5) is 12.7. The lowest BCUT2D eigenvalue weighted by Crippen LogP contribution is -2.43. The number of carbonyl (C=O) groups excluding carboxylic acids is 1. The van der Waals surface area contributed by atoms with E-state index < -0.39 is 28.8 Å². The van der Waals surface area contributed by atoms with Gasteiger partial charge in [0.15, 0.2) is 5.60 Å². The molecule has 3 aromatic carbocycles. The van der Waals surface area contributed by atoms with E-state index in [0.717, 1.165) is 28.1 Å². The third-order valence-corrected chi connectivity index (χ3v) is 5.55. The number of carbonyl (C=O) groups is 1. The van der Waals surface area contributed by atoms with E-state index in [1.807, 2.05) is 54.6 Å². The molecule has 4 aromatic rings. The molecule has 0 saturated carbocycles. The van der Waals surface area contributed by atoms with E-state index in [-0.39, 0.29) is 12.2 Å². The van der Waals surface area contributed by atoms with E-state index in [2.05, 4.69) is 5.32 Å². The summed E-state index contributed by atoms with van der Waals surface area (Å²) in [6.07, 6.45) is -3.01. The normalized spacial score (nSPS) is 13.3. The van der Waals surface area contributed by atoms with Gasteiger partial charge in [-0.15, -0.1) is 0 Å². The molecule has 0 bridgehead atoms. The van der Waals surface area contributed by atoms with Crippen LogP contribution in [0.25, 0.3) is 22.0 Å². The first-order chi connectivity index (χ1) is 16.1. The number of nitrogens with zero attached hydrogens (tertiary/aromatic N) is 2. The molecule has 8 heteroatoms. The third kappa shape index (κ3) is 4.65. The predicted octanol–water partition coefficient (Wildman–Crippen LogP) is 5.59. The Hall–Kier alpha value is -4.09. The number of rotatable bonds is 5. The molecule has 1 aromatic heterocycles. The highest BCUT2D eigenvalue weighted by Gasteiger charge is 2.35. The van der Waals surface area contributed by atoms with Gasteiger partial charge in [0.25, 0.3) is 5.91 Å². The van der Waals surface area contributed by atoms with E-state index in [1.165, 1.54) is 19.1 Å². The molecule has 0 saturated heterocycles. The van der Waals surface area contributed by atoms with E-state index in [4.69, 9.17) is 5.26 Å². The molecule has 1 heterocycles. The van der Waals surface area contributed by atoms with Crippen molar-refractivity contribution in [1.29, 1.82) is 5.26 Å². The average Bonchev–Trinajstić information content (AvgIpc) is 3.20. The van der Waals surface area contributed by atoms with Gasteiger partial charge >= 0.3 is 6.18 Å². The summed E-state index contributed by atoms with van der Waals surface area (Å²) >= 11 is 0. The number of anilines is 1. The fourth-order valence-corrected chi connectivity index (χ4v) is 3.77. The van der Waals surface area contributed by atoms with E-state index in [1.54, 1.807) is 10.8 Å². The van der Waals surface area contributed by atoms with Crippen LogP contribution in [0.1, 0.15) is 18.1 Å². The number of halogens is 3. The number of nitriles is 1. The Kier molecular flexibility index (Phi) is 5.90. The molecule has 4 rings (SSSR count). The highest BCUT2D eigenvalue weighted by atomic mass is 19.4. The minimum absolute atomic E-state index is 0.116. The summed E-state index contributed by atoms with van der Waals surface area (Å²) in [5.41, 5.74) is -0.909. The van der Waals surface area contributed by atoms with Gasteiger partial charge < -0.3 is 15.0 Å². The van der Waals surface area contributed by atoms with Crippen LogP contribution in [0.2, 0.25) is 0 Å². The molecule has 0 aliphatic heterocycles. The summed E-state index contributed by atoms with van der Waals surface area (Å²) in [6.45, 7) is 1.18. The molecule has 1 amide bonds. The second kappa shape index (κ2) is 8.69. The lowest BCUT2D eigenvalue weighted by molar-refractivity contribution is -0.138. The predicted molar refractivity (Wildman–Crippen MR) is 123 cm³/mol. The van der Waals surface area contributed by atoms with Crippen molar-refractivity contribution in [1.82, 2.24) is 4.57 Å². The Balaban J connectivity index is 1.55. The molecule has 0 aliphatic rings. The number of amides is 1. The molecule has 5 nitrogen and oxygen atoms in total. The van der Waals surface area contributed by atoms with Crippen LogP contribution in [0.15, 0.2) is 79.0 Å². The van der Waals surface area contributed by atoms with Crippen LogP contribution in [-0.2, 0) is 17.5 Å². The first kappa shape index (κ1) is 23.1. The van der Waals surface area contributed by atoms with Crippen molar-refractivity contribution >= 4 is 22.5 Å². The minimum atomic E-state index is -4.75. The smallest absolute Gasteiger partial charge is 0.378 e. The van der Waals surface area contributed by atoms with Gasteiger partial charge in [-0.05, 0) is 54.4 Å². The Bertz CT molecular complexity index is 1400. The lowest BCUT2D eigenvalue weighted by Gasteiger charge is -2.24. The molecule has 2 N–H and O–H groups in total. The van der Waals surface area contributed by atoms with Gasteiger partial charge in [-0.1, -0.05) is 36.4 Å². The topological polar surface area (TPSA) is 78.1 Å². The maximum absolute atomic E-state index is 13.2. The Morgan fingerprint density at radius 2 is 1.76 bits per heavy atom. The second-order valence-electron chi connectivity index (χ2n) is 8.18. The largest absolute Gasteiger partial charge is 0.417 e. The summed E-state index contributed by atoms with van der Waals surface area (Å²) in [5.74, 6) is -0.868. The third-order valence-electron chi connectivity index (χ3n) is 5.55. The number of hydrogen-bond donors (Lipinski definition) is 2. The minimum Gasteiger partial charge on any atom is -0.378 e. The summed E-state index contributed by atoms with van der Waals surface area (Å²) in [5, 5.41) is 23.0. The zero-order valence-corrected chi connectivity index (χ0v) is 18.1. The van der Waals surface area contributed by atoms with Crippen molar-refractivity contribution in [2.45, 2.75) is 25.2 Å². The van der Waals surface area contributed by atoms with Crippen molar-refractivity contribution in [2.75, 3.05) is 5.32 Å². The summed E-state index contributed by atoms with van der Waals surface area (Å²) in [7, 11) is 0. The number of benzene rings is 3. The highest BCUT2D eigenvalue weighted by Crippen LogP contribution is 2.34. The maximum atomic E-state index is 13.2. The Morgan fingerprint density at radius 1 is 1.03 bits per heavy atom. The fraction of sp³-hybridized carbons (Fsp3) is 0.154. The fourth-order valence-electron chi connectivity index (χ4n) is 3.77. The average molecular weight is 463 g/mol. The second-order valence-corrected chi connectivity index (χ2v) is 8.18. The summed E-state index contributed by atoms with van der Waals surface area (Å²) in [6, 6.07) is 21.9. The van der Waals surface area contributed by atoms with Crippen molar-refractivity contribution < 1.29 is 23.1 Å². The number of aromatic nitrogens is 1. The number of nitrogens with one attached hydrogen (secondary N) is 1. The molecule has 1 unspecified atom stereocenters. The molecule has 0 spiro atoms. The Labute approximate surface area is 193 Å². The van der Waals surface area contributed by atoms with Crippen LogP contribution in [-0.4, -0.2) is 21.2 Å². The number of aliphatic hydroxyl groups is 1. The SMILES string of the molecule is CC(O)(Cn1ccc2cc(-c3ccccc3)ccc21)C(=O)Nc1ccc(C#N)c(C(F)(F)F)c1. The van der Waals surface area contributed by atoms with E-state index in [0.29, 0.717) is 6.07 Å². The van der Waals surface area contributed by atoms with Crippen molar-refractivity contribution in [3.63, 3.8) is 0 Å². The van der Waals surface area contributed by atoms with Gasteiger partial charge in [-0.3, -0.25) is 4.79 Å². The molecule has 172 valence electrons. The van der Waals surface area contributed by atoms with Gasteiger partial charge in [0.05, 0.1) is 23.7 Å². The van der Waals surface area contributed by atoms with Crippen LogP contribution in [0.4, 0.5) is 18.9 Å². The van der Waals surface area contributed by atoms with Gasteiger partial charge in [-0.25, -0.2) is 0 Å². The first-order valence-corrected chi connectivity index (χ1v) is 10.4. The van der Waals surface area contributed by atoms with Gasteiger partial charge in [0.1, 0.15) is 0 Å². The molecule has 0 aliphatic carbocycles. The van der Waals surface area contributed by atoms with E-state index in [9.17, 15) is 23.1 Å². The number of alkyl halides is 3.